The lowest BCUT2D eigenvalue weighted by atomic mass is 9.79. The molecule has 0 amide bonds. The molecule has 5 heteroatoms. The topological polar surface area (TPSA) is 50.5 Å². The van der Waals surface area contributed by atoms with Crippen molar-refractivity contribution in [1.82, 2.24) is 4.31 Å². The molecule has 0 spiro atoms. The molecule has 1 atom stereocenters. The van der Waals surface area contributed by atoms with Gasteiger partial charge in [-0.2, -0.15) is 4.31 Å². The second-order valence-corrected chi connectivity index (χ2v) is 12.6. The molecular formula is C31H35NO3S. The number of aryl methyl sites for hydroxylation is 2. The van der Waals surface area contributed by atoms with Crippen molar-refractivity contribution in [2.24, 2.45) is 5.92 Å². The molecule has 188 valence electrons. The first kappa shape index (κ1) is 23.7. The van der Waals surface area contributed by atoms with Gasteiger partial charge in [0.1, 0.15) is 11.2 Å². The van der Waals surface area contributed by atoms with Crippen LogP contribution in [0.2, 0.25) is 0 Å². The first-order chi connectivity index (χ1) is 17.5. The molecule has 0 radical (unpaired) electrons. The molecule has 2 aliphatic rings. The predicted molar refractivity (Wildman–Crippen MR) is 146 cm³/mol. The maximum atomic E-state index is 14.1. The number of benzene rings is 3. The largest absolute Gasteiger partial charge is 0.456 e. The van der Waals surface area contributed by atoms with Crippen LogP contribution in [0, 0.1) is 12.8 Å². The van der Waals surface area contributed by atoms with Crippen LogP contribution in [-0.2, 0) is 23.0 Å². The van der Waals surface area contributed by atoms with Gasteiger partial charge in [0.05, 0.1) is 10.9 Å². The highest BCUT2D eigenvalue weighted by molar-refractivity contribution is 7.89. The number of nitrogens with zero attached hydrogens (tertiary/aromatic N) is 1. The van der Waals surface area contributed by atoms with E-state index < -0.39 is 10.0 Å². The van der Waals surface area contributed by atoms with Crippen LogP contribution in [0.1, 0.15) is 80.2 Å². The monoisotopic (exact) mass is 501 g/mol. The van der Waals surface area contributed by atoms with Gasteiger partial charge in [0, 0.05) is 22.9 Å². The zero-order valence-electron chi connectivity index (χ0n) is 21.3. The van der Waals surface area contributed by atoms with Gasteiger partial charge in [-0.25, -0.2) is 8.42 Å². The van der Waals surface area contributed by atoms with Gasteiger partial charge in [0.15, 0.2) is 0 Å². The molecule has 1 fully saturated rings. The first-order valence-corrected chi connectivity index (χ1v) is 15.0. The molecule has 1 aliphatic heterocycles. The highest BCUT2D eigenvalue weighted by Crippen LogP contribution is 2.50. The fraction of sp³-hybridized carbons (Fsp3) is 0.419. The van der Waals surface area contributed by atoms with Crippen molar-refractivity contribution in [3.63, 3.8) is 0 Å². The van der Waals surface area contributed by atoms with Gasteiger partial charge in [-0.15, -0.1) is 0 Å². The predicted octanol–water partition coefficient (Wildman–Crippen LogP) is 8.06. The quantitative estimate of drug-likeness (QED) is 0.268. The first-order valence-electron chi connectivity index (χ1n) is 13.5. The Morgan fingerprint density at radius 2 is 1.72 bits per heavy atom. The molecule has 1 saturated carbocycles. The average Bonchev–Trinajstić information content (AvgIpc) is 3.47. The Morgan fingerprint density at radius 3 is 2.47 bits per heavy atom. The molecule has 36 heavy (non-hydrogen) atoms. The van der Waals surface area contributed by atoms with Gasteiger partial charge < -0.3 is 4.42 Å². The van der Waals surface area contributed by atoms with Crippen molar-refractivity contribution < 1.29 is 12.8 Å². The van der Waals surface area contributed by atoms with E-state index in [4.69, 9.17) is 4.42 Å². The Bertz CT molecular complexity index is 1510. The van der Waals surface area contributed by atoms with Crippen LogP contribution >= 0.6 is 0 Å². The minimum absolute atomic E-state index is 0.129. The van der Waals surface area contributed by atoms with Crippen molar-refractivity contribution in [2.75, 3.05) is 0 Å². The van der Waals surface area contributed by atoms with Crippen LogP contribution in [0.25, 0.3) is 21.9 Å². The van der Waals surface area contributed by atoms with Gasteiger partial charge in [-0.3, -0.25) is 0 Å². The van der Waals surface area contributed by atoms with Crippen LogP contribution in [0.3, 0.4) is 0 Å². The van der Waals surface area contributed by atoms with E-state index in [1.165, 1.54) is 30.4 Å². The number of para-hydroxylation sites is 1. The number of unbranched alkanes of at least 4 members (excludes halogenated alkanes) is 1. The normalized spacial score (nSPS) is 19.3. The molecule has 2 heterocycles. The summed E-state index contributed by atoms with van der Waals surface area (Å²) in [5.74, 6) is 0.336. The highest BCUT2D eigenvalue weighted by atomic mass is 32.2. The van der Waals surface area contributed by atoms with Crippen LogP contribution in [-0.4, -0.2) is 12.7 Å². The zero-order valence-corrected chi connectivity index (χ0v) is 22.1. The van der Waals surface area contributed by atoms with E-state index in [0.717, 1.165) is 65.2 Å². The summed E-state index contributed by atoms with van der Waals surface area (Å²) in [6.45, 7) is 4.64. The summed E-state index contributed by atoms with van der Waals surface area (Å²) < 4.78 is 36.6. The molecule has 1 aliphatic carbocycles. The fourth-order valence-electron chi connectivity index (χ4n) is 6.51. The maximum absolute atomic E-state index is 14.1. The smallest absolute Gasteiger partial charge is 0.243 e. The van der Waals surface area contributed by atoms with E-state index in [-0.39, 0.29) is 6.04 Å². The molecule has 4 nitrogen and oxygen atoms in total. The third kappa shape index (κ3) is 3.88. The minimum Gasteiger partial charge on any atom is -0.456 e. The Kier molecular flexibility index (Phi) is 6.17. The van der Waals surface area contributed by atoms with E-state index >= 15 is 0 Å². The van der Waals surface area contributed by atoms with Crippen LogP contribution in [0.5, 0.6) is 0 Å². The third-order valence-corrected chi connectivity index (χ3v) is 10.2. The van der Waals surface area contributed by atoms with E-state index in [9.17, 15) is 8.42 Å². The van der Waals surface area contributed by atoms with Crippen molar-refractivity contribution >= 4 is 32.0 Å². The molecule has 0 bridgehead atoms. The van der Waals surface area contributed by atoms with Crippen LogP contribution in [0.15, 0.2) is 63.9 Å². The second-order valence-electron chi connectivity index (χ2n) is 10.7. The van der Waals surface area contributed by atoms with Gasteiger partial charge in [-0.05, 0) is 73.9 Å². The summed E-state index contributed by atoms with van der Waals surface area (Å²) in [6.07, 6.45) is 8.81. The minimum atomic E-state index is -3.64. The standard InChI is InChI=1S/C31H35NO3S/c1-3-4-12-26-29-23(19-27-25-13-8-9-14-28(25)35-31(26)27)20-32(30(29)22-10-6-5-7-11-22)36(33,34)24-17-15-21(2)16-18-24/h8-9,13-19,22,30H,3-7,10-12,20H2,1-2H3/t30-/m1/s1. The van der Waals surface area contributed by atoms with E-state index in [0.29, 0.717) is 17.4 Å². The van der Waals surface area contributed by atoms with Crippen molar-refractivity contribution in [3.8, 4) is 0 Å². The molecule has 0 unspecified atom stereocenters. The van der Waals surface area contributed by atoms with Crippen molar-refractivity contribution in [3.05, 3.63) is 76.9 Å². The van der Waals surface area contributed by atoms with Crippen LogP contribution < -0.4 is 0 Å². The number of hydrogen-bond acceptors (Lipinski definition) is 3. The average molecular weight is 502 g/mol. The molecular weight excluding hydrogens is 466 g/mol. The Hall–Kier alpha value is -2.63. The lowest BCUT2D eigenvalue weighted by molar-refractivity contribution is 0.207. The summed E-state index contributed by atoms with van der Waals surface area (Å²) in [5, 5.41) is 2.23. The van der Waals surface area contributed by atoms with E-state index in [1.807, 2.05) is 35.5 Å². The third-order valence-electron chi connectivity index (χ3n) is 8.33. The summed E-state index contributed by atoms with van der Waals surface area (Å²) in [4.78, 5) is 0.394. The zero-order chi connectivity index (χ0) is 24.9. The number of hydrogen-bond donors (Lipinski definition) is 0. The molecule has 1 aromatic heterocycles. The highest BCUT2D eigenvalue weighted by Gasteiger charge is 2.45. The lowest BCUT2D eigenvalue weighted by Gasteiger charge is -2.34. The maximum Gasteiger partial charge on any atom is 0.243 e. The summed E-state index contributed by atoms with van der Waals surface area (Å²) in [7, 11) is -3.64. The SMILES string of the molecule is CCCCc1c2c(cc3c1oc1ccccc13)CN(S(=O)(=O)c1ccc(C)cc1)[C@@H]2C1CCCCC1. The molecule has 4 aromatic rings. The molecule has 6 rings (SSSR count). The number of sulfonamides is 1. The Morgan fingerprint density at radius 1 is 0.972 bits per heavy atom. The van der Waals surface area contributed by atoms with E-state index in [1.54, 1.807) is 12.1 Å². The van der Waals surface area contributed by atoms with Crippen molar-refractivity contribution in [2.45, 2.75) is 82.7 Å². The summed E-state index contributed by atoms with van der Waals surface area (Å²) in [6, 6.07) is 17.7. The van der Waals surface area contributed by atoms with Gasteiger partial charge in [0.2, 0.25) is 10.0 Å². The second kappa shape index (κ2) is 9.35. The van der Waals surface area contributed by atoms with Crippen molar-refractivity contribution in [1.29, 1.82) is 0 Å². The van der Waals surface area contributed by atoms with Crippen LogP contribution in [0.4, 0.5) is 0 Å². The molecule has 0 N–H and O–H groups in total. The number of furan rings is 1. The number of fused-ring (bicyclic) bond motifs is 4. The van der Waals surface area contributed by atoms with Gasteiger partial charge >= 0.3 is 0 Å². The summed E-state index contributed by atoms with van der Waals surface area (Å²) in [5.41, 5.74) is 6.56. The Balaban J connectivity index is 1.57. The van der Waals surface area contributed by atoms with Gasteiger partial charge in [0.25, 0.3) is 0 Å². The van der Waals surface area contributed by atoms with E-state index in [2.05, 4.69) is 25.1 Å². The Labute approximate surface area is 214 Å². The lowest BCUT2D eigenvalue weighted by Crippen LogP contribution is -2.34. The summed E-state index contributed by atoms with van der Waals surface area (Å²) >= 11 is 0. The number of rotatable bonds is 6. The molecule has 3 aromatic carbocycles. The van der Waals surface area contributed by atoms with Gasteiger partial charge in [-0.1, -0.05) is 68.5 Å². The fourth-order valence-corrected chi connectivity index (χ4v) is 8.15. The molecule has 0 saturated heterocycles.